The first-order valence-electron chi connectivity index (χ1n) is 7.27. The smallest absolute Gasteiger partial charge is 0.243 e. The van der Waals surface area contributed by atoms with Gasteiger partial charge < -0.3 is 10.1 Å². The lowest BCUT2D eigenvalue weighted by Crippen LogP contribution is -2.50. The Morgan fingerprint density at radius 2 is 1.95 bits per heavy atom. The van der Waals surface area contributed by atoms with Gasteiger partial charge >= 0.3 is 0 Å². The number of amides is 1. The molecule has 2 rings (SSSR count). The van der Waals surface area contributed by atoms with E-state index < -0.39 is 10.0 Å². The molecule has 0 unspecified atom stereocenters. The molecule has 0 aliphatic carbocycles. The van der Waals surface area contributed by atoms with Crippen LogP contribution in [0.15, 0.2) is 29.2 Å². The summed E-state index contributed by atoms with van der Waals surface area (Å²) in [6.07, 6.45) is -0.106. The molecule has 0 saturated carbocycles. The Kier molecular flexibility index (Phi) is 5.20. The number of benzene rings is 1. The van der Waals surface area contributed by atoms with Crippen LogP contribution < -0.4 is 5.32 Å². The molecule has 1 aromatic rings. The summed E-state index contributed by atoms with van der Waals surface area (Å²) in [4.78, 5) is 11.2. The quantitative estimate of drug-likeness (QED) is 0.900. The van der Waals surface area contributed by atoms with Crippen molar-refractivity contribution < 1.29 is 17.9 Å². The van der Waals surface area contributed by atoms with E-state index in [9.17, 15) is 13.2 Å². The Hall–Kier alpha value is -1.44. The van der Waals surface area contributed by atoms with Gasteiger partial charge in [0.2, 0.25) is 15.9 Å². The summed E-state index contributed by atoms with van der Waals surface area (Å²) in [6.45, 7) is 6.30. The van der Waals surface area contributed by atoms with E-state index >= 15 is 0 Å². The Bertz CT molecular complexity index is 627. The van der Waals surface area contributed by atoms with Crippen molar-refractivity contribution in [2.75, 3.05) is 13.2 Å². The predicted octanol–water partition coefficient (Wildman–Crippen LogP) is 1.12. The van der Waals surface area contributed by atoms with Crippen LogP contribution in [0.1, 0.15) is 26.3 Å². The molecule has 1 heterocycles. The lowest BCUT2D eigenvalue weighted by Gasteiger charge is -2.35. The second-order valence-electron chi connectivity index (χ2n) is 5.62. The number of nitrogens with one attached hydrogen (secondary N) is 1. The standard InChI is InChI=1S/C15H22N2O4S/c1-11-10-21-12(2)9-17(11)22(19,20)15-6-4-14(5-7-15)8-16-13(3)18/h4-7,11-12H,8-10H2,1-3H3,(H,16,18)/t11-,12-/m0/s1. The fourth-order valence-electron chi connectivity index (χ4n) is 2.35. The van der Waals surface area contributed by atoms with Crippen LogP contribution in [0.3, 0.4) is 0 Å². The topological polar surface area (TPSA) is 75.7 Å². The number of hydrogen-bond acceptors (Lipinski definition) is 4. The molecule has 1 N–H and O–H groups in total. The van der Waals surface area contributed by atoms with Gasteiger partial charge in [0, 0.05) is 26.1 Å². The zero-order chi connectivity index (χ0) is 16.3. The van der Waals surface area contributed by atoms with E-state index in [2.05, 4.69) is 5.32 Å². The first-order valence-corrected chi connectivity index (χ1v) is 8.71. The van der Waals surface area contributed by atoms with Gasteiger partial charge in [0.1, 0.15) is 0 Å². The predicted molar refractivity (Wildman–Crippen MR) is 82.7 cm³/mol. The van der Waals surface area contributed by atoms with Crippen molar-refractivity contribution in [3.8, 4) is 0 Å². The molecule has 0 radical (unpaired) electrons. The van der Waals surface area contributed by atoms with Crippen molar-refractivity contribution in [1.29, 1.82) is 0 Å². The van der Waals surface area contributed by atoms with Crippen LogP contribution in [0.25, 0.3) is 0 Å². The molecule has 1 amide bonds. The molecule has 1 aromatic carbocycles. The van der Waals surface area contributed by atoms with E-state index in [4.69, 9.17) is 4.74 Å². The molecule has 1 saturated heterocycles. The summed E-state index contributed by atoms with van der Waals surface area (Å²) in [6, 6.07) is 6.42. The number of carbonyl (C=O) groups excluding carboxylic acids is 1. The zero-order valence-electron chi connectivity index (χ0n) is 13.1. The van der Waals surface area contributed by atoms with E-state index in [1.165, 1.54) is 11.2 Å². The van der Waals surface area contributed by atoms with Gasteiger partial charge in [0.15, 0.2) is 0 Å². The highest BCUT2D eigenvalue weighted by Crippen LogP contribution is 2.22. The van der Waals surface area contributed by atoms with Crippen LogP contribution in [0.5, 0.6) is 0 Å². The molecule has 1 aliphatic rings. The van der Waals surface area contributed by atoms with Crippen LogP contribution >= 0.6 is 0 Å². The van der Waals surface area contributed by atoms with Crippen LogP contribution in [-0.4, -0.2) is 43.9 Å². The lowest BCUT2D eigenvalue weighted by molar-refractivity contribution is -0.119. The normalized spacial score (nSPS) is 23.2. The number of morpholine rings is 1. The monoisotopic (exact) mass is 326 g/mol. The Morgan fingerprint density at radius 3 is 2.55 bits per heavy atom. The summed E-state index contributed by atoms with van der Waals surface area (Å²) in [7, 11) is -3.53. The Balaban J connectivity index is 2.17. The minimum absolute atomic E-state index is 0.106. The van der Waals surface area contributed by atoms with E-state index in [0.717, 1.165) is 5.56 Å². The fourth-order valence-corrected chi connectivity index (χ4v) is 4.04. The first-order chi connectivity index (χ1) is 10.3. The average Bonchev–Trinajstić information content (AvgIpc) is 2.48. The minimum Gasteiger partial charge on any atom is -0.375 e. The number of ether oxygens (including phenoxy) is 1. The van der Waals surface area contributed by atoms with Gasteiger partial charge in [-0.05, 0) is 31.5 Å². The van der Waals surface area contributed by atoms with Gasteiger partial charge in [-0.3, -0.25) is 4.79 Å². The molecule has 1 fully saturated rings. The molecule has 0 aromatic heterocycles. The number of nitrogens with zero attached hydrogens (tertiary/aromatic N) is 1. The van der Waals surface area contributed by atoms with Gasteiger partial charge in [-0.1, -0.05) is 12.1 Å². The molecule has 2 atom stereocenters. The van der Waals surface area contributed by atoms with Crippen molar-refractivity contribution in [3.63, 3.8) is 0 Å². The largest absolute Gasteiger partial charge is 0.375 e. The maximum absolute atomic E-state index is 12.7. The number of hydrogen-bond donors (Lipinski definition) is 1. The zero-order valence-corrected chi connectivity index (χ0v) is 13.9. The number of rotatable bonds is 4. The molecular weight excluding hydrogens is 304 g/mol. The second-order valence-corrected chi connectivity index (χ2v) is 7.51. The highest BCUT2D eigenvalue weighted by atomic mass is 32.2. The number of carbonyl (C=O) groups is 1. The maximum atomic E-state index is 12.7. The molecule has 7 heteroatoms. The SMILES string of the molecule is CC(=O)NCc1ccc(S(=O)(=O)N2C[C@H](C)OC[C@@H]2C)cc1. The van der Waals surface area contributed by atoms with Crippen LogP contribution in [0, 0.1) is 0 Å². The molecule has 1 aliphatic heterocycles. The summed E-state index contributed by atoms with van der Waals surface area (Å²) in [5, 5.41) is 2.68. The second kappa shape index (κ2) is 6.76. The van der Waals surface area contributed by atoms with E-state index in [1.807, 2.05) is 13.8 Å². The van der Waals surface area contributed by atoms with E-state index in [1.54, 1.807) is 24.3 Å². The Morgan fingerprint density at radius 1 is 1.32 bits per heavy atom. The van der Waals surface area contributed by atoms with Crippen molar-refractivity contribution in [1.82, 2.24) is 9.62 Å². The van der Waals surface area contributed by atoms with Gasteiger partial charge in [0.25, 0.3) is 0 Å². The molecule has 0 spiro atoms. The van der Waals surface area contributed by atoms with Crippen LogP contribution in [-0.2, 0) is 26.1 Å². The van der Waals surface area contributed by atoms with Crippen molar-refractivity contribution >= 4 is 15.9 Å². The highest BCUT2D eigenvalue weighted by molar-refractivity contribution is 7.89. The van der Waals surface area contributed by atoms with Crippen molar-refractivity contribution in [3.05, 3.63) is 29.8 Å². The summed E-state index contributed by atoms with van der Waals surface area (Å²) < 4.78 is 32.4. The Labute approximate surface area is 131 Å². The first kappa shape index (κ1) is 16.9. The molecule has 6 nitrogen and oxygen atoms in total. The van der Waals surface area contributed by atoms with Gasteiger partial charge in [0.05, 0.1) is 17.6 Å². The summed E-state index contributed by atoms with van der Waals surface area (Å²) in [5.41, 5.74) is 0.859. The third kappa shape index (κ3) is 3.85. The lowest BCUT2D eigenvalue weighted by atomic mass is 10.2. The maximum Gasteiger partial charge on any atom is 0.243 e. The molecule has 22 heavy (non-hydrogen) atoms. The van der Waals surface area contributed by atoms with Gasteiger partial charge in [-0.25, -0.2) is 8.42 Å². The van der Waals surface area contributed by atoms with E-state index in [-0.39, 0.29) is 22.9 Å². The summed E-state index contributed by atoms with van der Waals surface area (Å²) in [5.74, 6) is -0.118. The van der Waals surface area contributed by atoms with Crippen LogP contribution in [0.2, 0.25) is 0 Å². The third-order valence-electron chi connectivity index (χ3n) is 3.62. The van der Waals surface area contributed by atoms with Crippen LogP contribution in [0.4, 0.5) is 0 Å². The van der Waals surface area contributed by atoms with Gasteiger partial charge in [-0.15, -0.1) is 0 Å². The number of sulfonamides is 1. The van der Waals surface area contributed by atoms with Crippen molar-refractivity contribution in [2.24, 2.45) is 0 Å². The molecule has 0 bridgehead atoms. The van der Waals surface area contributed by atoms with Crippen molar-refractivity contribution in [2.45, 2.75) is 44.4 Å². The van der Waals surface area contributed by atoms with Gasteiger partial charge in [-0.2, -0.15) is 4.31 Å². The molecule has 122 valence electrons. The third-order valence-corrected chi connectivity index (χ3v) is 5.62. The minimum atomic E-state index is -3.53. The highest BCUT2D eigenvalue weighted by Gasteiger charge is 2.33. The fraction of sp³-hybridized carbons (Fsp3) is 0.533. The summed E-state index contributed by atoms with van der Waals surface area (Å²) >= 11 is 0. The average molecular weight is 326 g/mol. The molecular formula is C15H22N2O4S. The van der Waals surface area contributed by atoms with E-state index in [0.29, 0.717) is 19.7 Å².